The lowest BCUT2D eigenvalue weighted by Crippen LogP contribution is -1.80. The van der Waals surface area contributed by atoms with Crippen LogP contribution in [0.3, 0.4) is 0 Å². The Morgan fingerprint density at radius 3 is 2.50 bits per heavy atom. The van der Waals surface area contributed by atoms with E-state index in [1.807, 2.05) is 17.1 Å². The molecule has 0 saturated carbocycles. The molecule has 1 aromatic heterocycles. The van der Waals surface area contributed by atoms with Crippen LogP contribution in [0.25, 0.3) is 6.20 Å². The topological polar surface area (TPSA) is 17.8 Å². The second-order valence-electron chi connectivity index (χ2n) is 4.30. The van der Waals surface area contributed by atoms with Crippen molar-refractivity contribution in [3.8, 4) is 0 Å². The van der Waals surface area contributed by atoms with Crippen molar-refractivity contribution in [2.75, 3.05) is 0 Å². The molecule has 0 atom stereocenters. The molecule has 0 aliphatic rings. The average molecular weight is 220 g/mol. The summed E-state index contributed by atoms with van der Waals surface area (Å²) in [5.74, 6) is 0. The van der Waals surface area contributed by atoms with E-state index in [9.17, 15) is 0 Å². The Balaban J connectivity index is 1.88. The van der Waals surface area contributed by atoms with Gasteiger partial charge in [0.05, 0.1) is 6.33 Å². The highest BCUT2D eigenvalue weighted by Gasteiger charge is 1.89. The molecule has 0 aliphatic heterocycles. The molecule has 0 radical (unpaired) electrons. The van der Waals surface area contributed by atoms with Gasteiger partial charge < -0.3 is 4.57 Å². The van der Waals surface area contributed by atoms with Gasteiger partial charge in [-0.25, -0.2) is 4.98 Å². The summed E-state index contributed by atoms with van der Waals surface area (Å²) < 4.78 is 1.99. The van der Waals surface area contributed by atoms with Crippen LogP contribution in [0.4, 0.5) is 0 Å². The van der Waals surface area contributed by atoms with E-state index in [4.69, 9.17) is 0 Å². The maximum absolute atomic E-state index is 3.99. The molecule has 2 heteroatoms. The molecule has 90 valence electrons. The summed E-state index contributed by atoms with van der Waals surface area (Å²) in [5, 5.41) is 0. The summed E-state index contributed by atoms with van der Waals surface area (Å²) in [6.07, 6.45) is 20.8. The number of aromatic nitrogens is 2. The van der Waals surface area contributed by atoms with Gasteiger partial charge in [0.2, 0.25) is 0 Å². The van der Waals surface area contributed by atoms with E-state index in [1.165, 1.54) is 51.4 Å². The van der Waals surface area contributed by atoms with E-state index in [0.717, 1.165) is 0 Å². The third kappa shape index (κ3) is 6.44. The molecular formula is C14H24N2. The third-order valence-electron chi connectivity index (χ3n) is 2.78. The van der Waals surface area contributed by atoms with Gasteiger partial charge in [0.25, 0.3) is 0 Å². The van der Waals surface area contributed by atoms with Crippen molar-refractivity contribution in [2.24, 2.45) is 0 Å². The first-order valence-corrected chi connectivity index (χ1v) is 6.57. The Hall–Kier alpha value is -1.05. The van der Waals surface area contributed by atoms with Gasteiger partial charge >= 0.3 is 0 Å². The number of rotatable bonds is 9. The molecule has 16 heavy (non-hydrogen) atoms. The maximum Gasteiger partial charge on any atom is 0.0986 e. The van der Waals surface area contributed by atoms with Crippen LogP contribution in [0.5, 0.6) is 0 Å². The van der Waals surface area contributed by atoms with Gasteiger partial charge in [0.15, 0.2) is 0 Å². The smallest absolute Gasteiger partial charge is 0.0986 e. The summed E-state index contributed by atoms with van der Waals surface area (Å²) in [6.45, 7) is 2.26. The van der Waals surface area contributed by atoms with Crippen molar-refractivity contribution < 1.29 is 0 Å². The molecule has 1 aromatic rings. The van der Waals surface area contributed by atoms with E-state index in [0.29, 0.717) is 0 Å². The normalized spacial score (nSPS) is 11.3. The minimum Gasteiger partial charge on any atom is -0.313 e. The molecular weight excluding hydrogens is 196 g/mol. The number of unbranched alkanes of at least 4 members (excludes halogenated alkanes) is 7. The van der Waals surface area contributed by atoms with Crippen LogP contribution in [0, 0.1) is 0 Å². The highest BCUT2D eigenvalue weighted by atomic mass is 15.0. The monoisotopic (exact) mass is 220 g/mol. The summed E-state index contributed by atoms with van der Waals surface area (Å²) in [7, 11) is 0. The van der Waals surface area contributed by atoms with Crippen LogP contribution in [-0.4, -0.2) is 9.55 Å². The zero-order valence-corrected chi connectivity index (χ0v) is 10.4. The number of allylic oxidation sites excluding steroid dienone is 1. The summed E-state index contributed by atoms with van der Waals surface area (Å²) in [4.78, 5) is 3.99. The van der Waals surface area contributed by atoms with Gasteiger partial charge in [-0.3, -0.25) is 0 Å². The fraction of sp³-hybridized carbons (Fsp3) is 0.643. The van der Waals surface area contributed by atoms with Gasteiger partial charge in [-0.2, -0.15) is 0 Å². The quantitative estimate of drug-likeness (QED) is 0.560. The summed E-state index contributed by atoms with van der Waals surface area (Å²) >= 11 is 0. The minimum atomic E-state index is 1.19. The summed E-state index contributed by atoms with van der Waals surface area (Å²) in [5.41, 5.74) is 0. The number of imidazole rings is 1. The molecule has 0 bridgehead atoms. The Labute approximate surface area is 99.4 Å². The van der Waals surface area contributed by atoms with Crippen molar-refractivity contribution in [1.29, 1.82) is 0 Å². The van der Waals surface area contributed by atoms with E-state index in [2.05, 4.69) is 24.2 Å². The van der Waals surface area contributed by atoms with Crippen LogP contribution in [-0.2, 0) is 0 Å². The Morgan fingerprint density at radius 2 is 1.81 bits per heavy atom. The molecule has 0 saturated heterocycles. The second-order valence-corrected chi connectivity index (χ2v) is 4.30. The Bertz CT molecular complexity index is 262. The largest absolute Gasteiger partial charge is 0.313 e. The van der Waals surface area contributed by atoms with Gasteiger partial charge in [-0.1, -0.05) is 51.5 Å². The first-order valence-electron chi connectivity index (χ1n) is 6.57. The molecule has 0 unspecified atom stereocenters. The Morgan fingerprint density at radius 1 is 1.06 bits per heavy atom. The third-order valence-corrected chi connectivity index (χ3v) is 2.78. The summed E-state index contributed by atoms with van der Waals surface area (Å²) in [6, 6.07) is 0. The van der Waals surface area contributed by atoms with Crippen LogP contribution in [0.15, 0.2) is 24.8 Å². The average Bonchev–Trinajstić information content (AvgIpc) is 2.80. The number of nitrogens with zero attached hydrogens (tertiary/aromatic N) is 2. The lowest BCUT2D eigenvalue weighted by atomic mass is 10.1. The molecule has 0 spiro atoms. The molecule has 1 rings (SSSR count). The first-order chi connectivity index (χ1) is 7.93. The predicted octanol–water partition coefficient (Wildman–Crippen LogP) is 4.49. The van der Waals surface area contributed by atoms with Crippen molar-refractivity contribution in [3.63, 3.8) is 0 Å². The van der Waals surface area contributed by atoms with Crippen LogP contribution in [0.1, 0.15) is 58.3 Å². The number of hydrogen-bond acceptors (Lipinski definition) is 1. The van der Waals surface area contributed by atoms with Crippen molar-refractivity contribution >= 4 is 6.20 Å². The predicted molar refractivity (Wildman–Crippen MR) is 70.2 cm³/mol. The molecule has 0 aromatic carbocycles. The standard InChI is InChI=1S/C14H24N2/c1-2-3-4-5-6-7-8-9-10-12-16-13-11-15-14-16/h10-14H,2-9H2,1H3/b12-10+. The first kappa shape index (κ1) is 13.0. The lowest BCUT2D eigenvalue weighted by molar-refractivity contribution is 0.592. The Kier molecular flexibility index (Phi) is 7.48. The van der Waals surface area contributed by atoms with Crippen molar-refractivity contribution in [1.82, 2.24) is 9.55 Å². The van der Waals surface area contributed by atoms with Crippen LogP contribution < -0.4 is 0 Å². The molecule has 0 N–H and O–H groups in total. The van der Waals surface area contributed by atoms with Gasteiger partial charge in [-0.05, 0) is 12.8 Å². The van der Waals surface area contributed by atoms with Crippen molar-refractivity contribution in [2.45, 2.75) is 58.3 Å². The minimum absolute atomic E-state index is 1.19. The highest BCUT2D eigenvalue weighted by molar-refractivity contribution is 5.20. The van der Waals surface area contributed by atoms with Gasteiger partial charge in [-0.15, -0.1) is 0 Å². The van der Waals surface area contributed by atoms with Crippen LogP contribution >= 0.6 is 0 Å². The lowest BCUT2D eigenvalue weighted by Gasteiger charge is -1.98. The molecule has 0 amide bonds. The zero-order valence-electron chi connectivity index (χ0n) is 10.4. The fourth-order valence-corrected chi connectivity index (χ4v) is 1.77. The van der Waals surface area contributed by atoms with E-state index >= 15 is 0 Å². The molecule has 0 fully saturated rings. The molecule has 0 aliphatic carbocycles. The highest BCUT2D eigenvalue weighted by Crippen LogP contribution is 2.08. The zero-order chi connectivity index (χ0) is 11.5. The van der Waals surface area contributed by atoms with Crippen molar-refractivity contribution in [3.05, 3.63) is 24.8 Å². The molecule has 1 heterocycles. The van der Waals surface area contributed by atoms with E-state index in [-0.39, 0.29) is 0 Å². The fourth-order valence-electron chi connectivity index (χ4n) is 1.77. The SMILES string of the molecule is CCCCCCCCC/C=C/n1ccnc1. The van der Waals surface area contributed by atoms with E-state index in [1.54, 1.807) is 6.20 Å². The van der Waals surface area contributed by atoms with Crippen LogP contribution in [0.2, 0.25) is 0 Å². The van der Waals surface area contributed by atoms with Gasteiger partial charge in [0.1, 0.15) is 0 Å². The number of hydrogen-bond donors (Lipinski definition) is 0. The van der Waals surface area contributed by atoms with E-state index < -0.39 is 0 Å². The second kappa shape index (κ2) is 9.20. The maximum atomic E-state index is 3.99. The van der Waals surface area contributed by atoms with Gasteiger partial charge in [0, 0.05) is 18.6 Å². The molecule has 2 nitrogen and oxygen atoms in total.